The summed E-state index contributed by atoms with van der Waals surface area (Å²) >= 11 is 0. The van der Waals surface area contributed by atoms with E-state index >= 15 is 0 Å². The maximum atomic E-state index is 7.69. The Bertz CT molecular complexity index is 1020. The Hall–Kier alpha value is 5.25. The fourth-order valence-electron chi connectivity index (χ4n) is 9.92. The predicted octanol–water partition coefficient (Wildman–Crippen LogP) is 14.0. The minimum atomic E-state index is -0.528. The van der Waals surface area contributed by atoms with Gasteiger partial charge < -0.3 is 9.26 Å². The highest BCUT2D eigenvalue weighted by molar-refractivity contribution is 9.19. The van der Waals surface area contributed by atoms with E-state index in [4.69, 9.17) is 9.26 Å². The summed E-state index contributed by atoms with van der Waals surface area (Å²) in [6.07, 6.45) is 2.99. The van der Waals surface area contributed by atoms with E-state index in [9.17, 15) is 0 Å². The quantitative estimate of drug-likeness (QED) is 0.189. The Morgan fingerprint density at radius 1 is 0.829 bits per heavy atom. The molecule has 0 aromatic rings. The van der Waals surface area contributed by atoms with E-state index in [1.54, 1.807) is 11.1 Å². The third-order valence-electron chi connectivity index (χ3n) is 12.9. The molecule has 0 aromatic heterocycles. The van der Waals surface area contributed by atoms with Gasteiger partial charge >= 0.3 is 0 Å². The number of hydrogen-bond acceptors (Lipinski definition) is 2. The maximum Gasteiger partial charge on any atom is 0.0965 e. The maximum absolute atomic E-state index is 7.69. The number of hydrogen-bond donors (Lipinski definition) is 0. The van der Waals surface area contributed by atoms with E-state index in [1.807, 2.05) is 0 Å². The zero-order valence-electron chi connectivity index (χ0n) is 26.7. The summed E-state index contributed by atoms with van der Waals surface area (Å²) in [6, 6.07) is 0. The lowest BCUT2D eigenvalue weighted by Crippen LogP contribution is -2.70. The lowest BCUT2D eigenvalue weighted by molar-refractivity contribution is -0.301. The van der Waals surface area contributed by atoms with E-state index in [0.717, 1.165) is 13.0 Å². The van der Waals surface area contributed by atoms with Crippen LogP contribution in [0.25, 0.3) is 0 Å². The average molecular weight is 804 g/mol. The Balaban J connectivity index is 1.90. The minimum absolute atomic E-state index is 0.122. The van der Waals surface area contributed by atoms with Crippen molar-refractivity contribution < 1.29 is 9.26 Å². The van der Waals surface area contributed by atoms with E-state index < -0.39 is 7.53 Å². The van der Waals surface area contributed by atoms with Crippen molar-refractivity contribution >= 4 is 105 Å². The van der Waals surface area contributed by atoms with Gasteiger partial charge in [0.1, 0.15) is 0 Å². The first-order valence-corrected chi connectivity index (χ1v) is 37.5. The van der Waals surface area contributed by atoms with Crippen molar-refractivity contribution in [1.29, 1.82) is 0 Å². The monoisotopic (exact) mass is 804 g/mol. The predicted molar refractivity (Wildman–Crippen MR) is 224 cm³/mol. The van der Waals surface area contributed by atoms with Gasteiger partial charge in [-0.1, -0.05) is 76.8 Å². The molecule has 3 aliphatic carbocycles. The van der Waals surface area contributed by atoms with Crippen LogP contribution in [0.3, 0.4) is 0 Å². The highest BCUT2D eigenvalue weighted by atomic mass is 33.2. The molecule has 2 saturated carbocycles. The number of allylic oxidation sites excluding steroid dienone is 1. The van der Waals surface area contributed by atoms with Gasteiger partial charge in [-0.25, -0.2) is 0 Å². The van der Waals surface area contributed by atoms with Crippen LogP contribution in [0.5, 0.6) is 0 Å². The molecule has 3 fully saturated rings. The number of ether oxygens (including phenoxy) is 1. The van der Waals surface area contributed by atoms with Gasteiger partial charge in [0.2, 0.25) is 0 Å². The van der Waals surface area contributed by atoms with Crippen molar-refractivity contribution in [2.75, 3.05) is 6.61 Å². The van der Waals surface area contributed by atoms with E-state index in [0.29, 0.717) is 35.7 Å². The molecule has 1 aliphatic heterocycles. The molecule has 2 nitrogen and oxygen atoms in total. The summed E-state index contributed by atoms with van der Waals surface area (Å²) in [5.41, 5.74) is 4.12. The van der Waals surface area contributed by atoms with Crippen LogP contribution in [-0.2, 0) is 9.26 Å². The number of rotatable bonds is 7. The van der Waals surface area contributed by atoms with Crippen LogP contribution >= 0.6 is 105 Å². The molecule has 18 unspecified atom stereocenters. The first kappa shape index (κ1) is 39.0. The molecule has 0 spiro atoms. The molecule has 1 saturated heterocycles. The van der Waals surface area contributed by atoms with Crippen LogP contribution in [0, 0.1) is 51.2 Å². The normalized spacial score (nSPS) is 45.7. The Morgan fingerprint density at radius 2 is 1.39 bits per heavy atom. The van der Waals surface area contributed by atoms with Crippen molar-refractivity contribution in [3.8, 4) is 0 Å². The lowest BCUT2D eigenvalue weighted by atomic mass is 9.35. The Morgan fingerprint density at radius 3 is 1.85 bits per heavy atom. The van der Waals surface area contributed by atoms with Crippen molar-refractivity contribution in [2.45, 2.75) is 94.3 Å². The Kier molecular flexibility index (Phi) is 13.4. The van der Waals surface area contributed by atoms with Crippen LogP contribution in [0.4, 0.5) is 0 Å². The van der Waals surface area contributed by atoms with Gasteiger partial charge in [-0.05, 0) is 92.1 Å². The molecule has 2 bridgehead atoms. The molecular weight excluding hydrogens is 747 g/mol. The summed E-state index contributed by atoms with van der Waals surface area (Å²) in [6.45, 7) is 25.9. The van der Waals surface area contributed by atoms with E-state index in [2.05, 4.69) is 132 Å². The summed E-state index contributed by atoms with van der Waals surface area (Å²) in [4.78, 5) is 0. The molecule has 4 aliphatic rings. The van der Waals surface area contributed by atoms with Crippen molar-refractivity contribution in [3.63, 3.8) is 0 Å². The molecule has 0 radical (unpaired) electrons. The van der Waals surface area contributed by atoms with Crippen LogP contribution in [-0.4, -0.2) is 18.8 Å². The molecule has 19 atom stereocenters. The molecule has 1 heterocycles. The number of fused-ring (bicyclic) bond motifs is 5. The summed E-state index contributed by atoms with van der Waals surface area (Å²) in [7, 11) is 21.9. The van der Waals surface area contributed by atoms with Crippen molar-refractivity contribution in [1.82, 2.24) is 0 Å². The third-order valence-corrected chi connectivity index (χ3v) is 83.6. The van der Waals surface area contributed by atoms with Gasteiger partial charge in [0, 0.05) is 19.4 Å². The second-order valence-corrected chi connectivity index (χ2v) is 63.4. The smallest absolute Gasteiger partial charge is 0.0965 e. The zero-order chi connectivity index (χ0) is 31.2. The van der Waals surface area contributed by atoms with Gasteiger partial charge in [-0.3, -0.25) is 0 Å². The van der Waals surface area contributed by atoms with E-state index in [-0.39, 0.29) is 62.7 Å². The van der Waals surface area contributed by atoms with Gasteiger partial charge in [0.15, 0.2) is 0 Å². The average Bonchev–Trinajstić information content (AvgIpc) is 2.85. The van der Waals surface area contributed by atoms with Crippen LogP contribution in [0.2, 0.25) is 0 Å². The summed E-state index contributed by atoms with van der Waals surface area (Å²) in [5, 5.41) is 0. The van der Waals surface area contributed by atoms with Crippen molar-refractivity contribution in [3.05, 3.63) is 11.1 Å². The van der Waals surface area contributed by atoms with Crippen LogP contribution in [0.15, 0.2) is 11.1 Å². The standard InChI is InChI=1S/C26H57O2P13/c1-14-11-20-24(8,13-27-20)22-18(5)25(9)12-19(28-36(40(35)37(29)30)41(38(31)32)39(33)34)16(3)21(23(25,6)7)15(2)17(4)26(14,22)10/h14-15,17-20,22H,11-13,29-35H2,1-10H3/t14?,15?,17?,18?,19?,20?,22?,24-,25?,26?,36?,40?/m1/s1. The zero-order valence-corrected chi connectivity index (χ0v) is 40.2. The molecule has 4 rings (SSSR count). The van der Waals surface area contributed by atoms with Crippen molar-refractivity contribution in [2.24, 2.45) is 51.2 Å². The summed E-state index contributed by atoms with van der Waals surface area (Å²) < 4.78 is 14.0. The molecular formula is C26H57O2P13. The SMILES string of the molecule is CC1=C2C(C)C(C)C3(C)C(C)CC4OC[C@@]4(C)C3C(C)C(C)(CC1OP(P(P)P(P)P)P(P(P)P)P(P)P)C2(C)C. The first-order valence-electron chi connectivity index (χ1n) is 14.7. The largest absolute Gasteiger partial charge is 0.377 e. The Labute approximate surface area is 276 Å². The second-order valence-electron chi connectivity index (χ2n) is 14.6. The lowest BCUT2D eigenvalue weighted by Gasteiger charge is -2.72. The topological polar surface area (TPSA) is 18.5 Å². The molecule has 0 aromatic carbocycles. The highest BCUT2D eigenvalue weighted by Gasteiger charge is 2.70. The van der Waals surface area contributed by atoms with E-state index in [1.165, 1.54) is 6.42 Å². The third kappa shape index (κ3) is 6.37. The molecule has 41 heavy (non-hydrogen) atoms. The first-order chi connectivity index (χ1) is 18.7. The van der Waals surface area contributed by atoms with Crippen LogP contribution in [0.1, 0.15) is 82.1 Å². The second kappa shape index (κ2) is 14.1. The fourth-order valence-corrected chi connectivity index (χ4v) is 106. The molecule has 15 heteroatoms. The van der Waals surface area contributed by atoms with Gasteiger partial charge in [0.25, 0.3) is 0 Å². The molecule has 238 valence electrons. The van der Waals surface area contributed by atoms with Gasteiger partial charge in [-0.15, -0.1) is 53.6 Å². The van der Waals surface area contributed by atoms with Gasteiger partial charge in [0.05, 0.1) is 26.3 Å². The minimum Gasteiger partial charge on any atom is -0.377 e. The molecule has 0 amide bonds. The molecule has 0 N–H and O–H groups in total. The fraction of sp³-hybridized carbons (Fsp3) is 0.923. The highest BCUT2D eigenvalue weighted by Crippen LogP contribution is 3.17. The van der Waals surface area contributed by atoms with Gasteiger partial charge in [-0.2, -0.15) is 0 Å². The van der Waals surface area contributed by atoms with Crippen LogP contribution < -0.4 is 0 Å². The summed E-state index contributed by atoms with van der Waals surface area (Å²) in [5.74, 6) is 3.03.